The van der Waals surface area contributed by atoms with E-state index in [9.17, 15) is 0 Å². The molecular formula is C13H25BNO3Si-. The van der Waals surface area contributed by atoms with Crippen LogP contribution in [0.1, 0.15) is 26.5 Å². The molecule has 0 aliphatic heterocycles. The van der Waals surface area contributed by atoms with E-state index >= 15 is 0 Å². The number of hydrogen-bond donors (Lipinski definition) is 0. The van der Waals surface area contributed by atoms with Crippen LogP contribution in [-0.2, 0) is 19.7 Å². The van der Waals surface area contributed by atoms with Crippen LogP contribution < -0.4 is 0 Å². The standard InChI is InChI=1S/C13H23NO3Si.BH2/c1-4-15-18(16-5-2,17-6-3)12-10-13-9-7-8-11-14-13;/h7-9,11H,4-6,10,12H2,1-3H3;1H2/q;-1. The predicted octanol–water partition coefficient (Wildman–Crippen LogP) is 1.76. The summed E-state index contributed by atoms with van der Waals surface area (Å²) in [7, 11) is -2.52. The summed E-state index contributed by atoms with van der Waals surface area (Å²) in [5.74, 6) is 0. The zero-order valence-corrected chi connectivity index (χ0v) is 13.5. The highest BCUT2D eigenvalue weighted by atomic mass is 28.4. The second kappa shape index (κ2) is 10.1. The maximum atomic E-state index is 5.80. The van der Waals surface area contributed by atoms with Crippen LogP contribution in [0.25, 0.3) is 0 Å². The molecule has 1 rings (SSSR count). The largest absolute Gasteiger partial charge is 0.501 e. The summed E-state index contributed by atoms with van der Waals surface area (Å²) < 4.78 is 17.4. The molecule has 0 N–H and O–H groups in total. The molecule has 0 amide bonds. The molecule has 0 fully saturated rings. The first-order chi connectivity index (χ1) is 8.76. The molecule has 0 unspecified atom stereocenters. The van der Waals surface area contributed by atoms with E-state index in [0.29, 0.717) is 19.8 Å². The van der Waals surface area contributed by atoms with E-state index in [1.54, 1.807) is 6.20 Å². The van der Waals surface area contributed by atoms with Crippen LogP contribution in [0.15, 0.2) is 24.4 Å². The lowest BCUT2D eigenvalue weighted by atomic mass is 10.3. The van der Waals surface area contributed by atoms with E-state index in [-0.39, 0.29) is 8.41 Å². The zero-order chi connectivity index (χ0) is 13.3. The number of pyridine rings is 1. The Morgan fingerprint density at radius 3 is 2.00 bits per heavy atom. The molecule has 1 aromatic heterocycles. The van der Waals surface area contributed by atoms with Gasteiger partial charge in [-0.25, -0.2) is 0 Å². The van der Waals surface area contributed by atoms with E-state index < -0.39 is 8.80 Å². The van der Waals surface area contributed by atoms with Gasteiger partial charge in [-0.2, -0.15) is 0 Å². The lowest BCUT2D eigenvalue weighted by molar-refractivity contribution is 0.0713. The lowest BCUT2D eigenvalue weighted by Crippen LogP contribution is -2.46. The second-order valence-corrected chi connectivity index (χ2v) is 6.54. The predicted molar refractivity (Wildman–Crippen MR) is 81.9 cm³/mol. The Kier molecular flexibility index (Phi) is 9.77. The average Bonchev–Trinajstić information content (AvgIpc) is 2.39. The SMILES string of the molecule is CCO[Si](CCc1ccccn1)(OCC)OCC.[BH2-]. The van der Waals surface area contributed by atoms with Crippen molar-refractivity contribution < 1.29 is 13.3 Å². The maximum Gasteiger partial charge on any atom is 0.501 e. The Balaban J connectivity index is 0.00000324. The quantitative estimate of drug-likeness (QED) is 0.647. The minimum absolute atomic E-state index is 0. The van der Waals surface area contributed by atoms with E-state index in [1.807, 2.05) is 39.0 Å². The van der Waals surface area contributed by atoms with Gasteiger partial charge in [0.05, 0.1) is 0 Å². The first-order valence-electron chi connectivity index (χ1n) is 6.58. The number of rotatable bonds is 9. The summed E-state index contributed by atoms with van der Waals surface area (Å²) in [6, 6.07) is 6.71. The van der Waals surface area contributed by atoms with Crippen LogP contribution in [-0.4, -0.2) is 42.0 Å². The third-order valence-corrected chi connectivity index (χ3v) is 5.55. The highest BCUT2D eigenvalue weighted by Gasteiger charge is 2.39. The topological polar surface area (TPSA) is 40.6 Å². The van der Waals surface area contributed by atoms with E-state index in [1.165, 1.54) is 0 Å². The van der Waals surface area contributed by atoms with Crippen LogP contribution in [0.5, 0.6) is 0 Å². The molecule has 0 bridgehead atoms. The van der Waals surface area contributed by atoms with E-state index in [2.05, 4.69) is 4.98 Å². The summed E-state index contributed by atoms with van der Waals surface area (Å²) in [5, 5.41) is 0. The molecule has 0 saturated heterocycles. The molecule has 0 aliphatic carbocycles. The Bertz CT molecular complexity index is 310. The lowest BCUT2D eigenvalue weighted by Gasteiger charge is -2.28. The van der Waals surface area contributed by atoms with Crippen LogP contribution >= 0.6 is 0 Å². The Labute approximate surface area is 119 Å². The number of aryl methyl sites for hydroxylation is 1. The summed E-state index contributed by atoms with van der Waals surface area (Å²) in [6.45, 7) is 7.78. The molecule has 0 aromatic carbocycles. The van der Waals surface area contributed by atoms with Gasteiger partial charge in [-0.05, 0) is 39.3 Å². The van der Waals surface area contributed by atoms with Gasteiger partial charge in [0, 0.05) is 37.8 Å². The van der Waals surface area contributed by atoms with Crippen molar-refractivity contribution in [3.8, 4) is 0 Å². The number of aromatic nitrogens is 1. The molecular weight excluding hydrogens is 257 g/mol. The highest BCUT2D eigenvalue weighted by Crippen LogP contribution is 2.18. The van der Waals surface area contributed by atoms with Gasteiger partial charge in [0.25, 0.3) is 0 Å². The van der Waals surface area contributed by atoms with Crippen molar-refractivity contribution in [1.82, 2.24) is 4.98 Å². The molecule has 6 heteroatoms. The summed E-state index contributed by atoms with van der Waals surface area (Å²) in [6.07, 6.45) is 2.63. The number of hydrogen-bond acceptors (Lipinski definition) is 4. The zero-order valence-electron chi connectivity index (χ0n) is 12.5. The van der Waals surface area contributed by atoms with Crippen LogP contribution in [0, 0.1) is 0 Å². The molecule has 108 valence electrons. The fourth-order valence-corrected chi connectivity index (χ4v) is 4.39. The molecule has 2 radical (unpaired) electrons. The van der Waals surface area contributed by atoms with Crippen molar-refractivity contribution in [2.24, 2.45) is 0 Å². The van der Waals surface area contributed by atoms with Crippen molar-refractivity contribution in [2.75, 3.05) is 19.8 Å². The third-order valence-electron chi connectivity index (χ3n) is 2.51. The summed E-state index contributed by atoms with van der Waals surface area (Å²) in [5.41, 5.74) is 1.05. The van der Waals surface area contributed by atoms with Crippen molar-refractivity contribution >= 4 is 17.2 Å². The fourth-order valence-electron chi connectivity index (χ4n) is 1.83. The normalized spacial score (nSPS) is 11.1. The van der Waals surface area contributed by atoms with Crippen molar-refractivity contribution in [1.29, 1.82) is 0 Å². The van der Waals surface area contributed by atoms with Gasteiger partial charge in [0.2, 0.25) is 0 Å². The monoisotopic (exact) mass is 282 g/mol. The number of nitrogens with zero attached hydrogens (tertiary/aromatic N) is 1. The molecule has 4 nitrogen and oxygen atoms in total. The van der Waals surface area contributed by atoms with Crippen molar-refractivity contribution in [3.63, 3.8) is 0 Å². The molecule has 0 spiro atoms. The van der Waals surface area contributed by atoms with Gasteiger partial charge in [0.1, 0.15) is 0 Å². The smallest absolute Gasteiger partial charge is 0.381 e. The average molecular weight is 282 g/mol. The van der Waals surface area contributed by atoms with Crippen LogP contribution in [0.4, 0.5) is 0 Å². The van der Waals surface area contributed by atoms with Crippen LogP contribution in [0.2, 0.25) is 6.04 Å². The highest BCUT2D eigenvalue weighted by molar-refractivity contribution is 6.60. The van der Waals surface area contributed by atoms with Crippen molar-refractivity contribution in [3.05, 3.63) is 30.1 Å². The third kappa shape index (κ3) is 6.34. The molecule has 19 heavy (non-hydrogen) atoms. The van der Waals surface area contributed by atoms with E-state index in [4.69, 9.17) is 13.3 Å². The second-order valence-electron chi connectivity index (χ2n) is 3.80. The van der Waals surface area contributed by atoms with E-state index in [0.717, 1.165) is 18.2 Å². The van der Waals surface area contributed by atoms with Gasteiger partial charge in [-0.1, -0.05) is 6.07 Å². The van der Waals surface area contributed by atoms with Gasteiger partial charge in [0.15, 0.2) is 0 Å². The first-order valence-corrected chi connectivity index (χ1v) is 8.51. The summed E-state index contributed by atoms with van der Waals surface area (Å²) >= 11 is 0. The summed E-state index contributed by atoms with van der Waals surface area (Å²) in [4.78, 5) is 4.32. The molecule has 1 heterocycles. The maximum absolute atomic E-state index is 5.80. The van der Waals surface area contributed by atoms with Gasteiger partial charge in [-0.15, -0.1) is 0 Å². The Morgan fingerprint density at radius 1 is 1.00 bits per heavy atom. The van der Waals surface area contributed by atoms with Crippen molar-refractivity contribution in [2.45, 2.75) is 33.2 Å². The first kappa shape index (κ1) is 18.3. The van der Waals surface area contributed by atoms with Gasteiger partial charge < -0.3 is 21.7 Å². The molecule has 0 atom stereocenters. The molecule has 0 aliphatic rings. The fraction of sp³-hybridized carbons (Fsp3) is 0.615. The Morgan fingerprint density at radius 2 is 1.58 bits per heavy atom. The molecule has 0 saturated carbocycles. The van der Waals surface area contributed by atoms with Gasteiger partial charge >= 0.3 is 8.80 Å². The molecule has 1 aromatic rings. The van der Waals surface area contributed by atoms with Crippen LogP contribution in [0.3, 0.4) is 0 Å². The van der Waals surface area contributed by atoms with Gasteiger partial charge in [-0.3, -0.25) is 4.98 Å². The minimum Gasteiger partial charge on any atom is -0.381 e. The Hall–Kier alpha value is -0.688. The minimum atomic E-state index is -2.52.